The van der Waals surface area contributed by atoms with Crippen LogP contribution in [0.25, 0.3) is 0 Å². The van der Waals surface area contributed by atoms with E-state index in [0.717, 1.165) is 5.01 Å². The summed E-state index contributed by atoms with van der Waals surface area (Å²) >= 11 is 1.24. The number of aryl methyl sites for hydroxylation is 2. The van der Waals surface area contributed by atoms with Gasteiger partial charge >= 0.3 is 0 Å². The van der Waals surface area contributed by atoms with Gasteiger partial charge in [0.15, 0.2) is 17.3 Å². The van der Waals surface area contributed by atoms with Crippen molar-refractivity contribution in [3.8, 4) is 11.5 Å². The van der Waals surface area contributed by atoms with E-state index >= 15 is 0 Å². The maximum atomic E-state index is 13.5. The smallest absolute Gasteiger partial charge is 0.294 e. The molecule has 0 radical (unpaired) electrons. The average molecular weight is 435 g/mol. The number of aromatic nitrogens is 2. The molecule has 2 aliphatic heterocycles. The number of hydrogen-bond acceptors (Lipinski definition) is 8. The van der Waals surface area contributed by atoms with Crippen LogP contribution in [-0.2, 0) is 4.79 Å². The Bertz CT molecular complexity index is 1250. The summed E-state index contributed by atoms with van der Waals surface area (Å²) < 4.78 is 10.8. The van der Waals surface area contributed by atoms with Crippen LogP contribution in [0.5, 0.6) is 11.5 Å². The van der Waals surface area contributed by atoms with Gasteiger partial charge in [-0.05, 0) is 37.6 Å². The average Bonchev–Trinajstić information content (AvgIpc) is 3.44. The molecule has 1 amide bonds. The van der Waals surface area contributed by atoms with E-state index in [1.165, 1.54) is 16.2 Å². The Balaban J connectivity index is 1.66. The van der Waals surface area contributed by atoms with Gasteiger partial charge < -0.3 is 14.6 Å². The fourth-order valence-corrected chi connectivity index (χ4v) is 4.73. The lowest BCUT2D eigenvalue weighted by Gasteiger charge is -2.26. The summed E-state index contributed by atoms with van der Waals surface area (Å²) in [5.74, 6) is -0.621. The molecule has 1 aromatic carbocycles. The molecule has 2 aliphatic rings. The monoisotopic (exact) mass is 435 g/mol. The molecule has 4 heterocycles. The summed E-state index contributed by atoms with van der Waals surface area (Å²) in [5, 5.41) is 11.6. The number of Topliss-reactive ketones (excluding diaryl/α,β-unsaturated/α-hetero) is 1. The molecule has 8 nitrogen and oxygen atoms in total. The van der Waals surface area contributed by atoms with Crippen LogP contribution in [0.3, 0.4) is 0 Å². The van der Waals surface area contributed by atoms with Crippen LogP contribution in [0.15, 0.2) is 54.1 Å². The number of thiazole rings is 1. The highest BCUT2D eigenvalue weighted by Crippen LogP contribution is 2.45. The molecule has 3 aromatic rings. The third-order valence-electron chi connectivity index (χ3n) is 5.20. The predicted molar refractivity (Wildman–Crippen MR) is 113 cm³/mol. The number of ether oxygens (including phenoxy) is 2. The summed E-state index contributed by atoms with van der Waals surface area (Å²) in [6, 6.07) is 7.68. The number of benzene rings is 1. The third-order valence-corrected chi connectivity index (χ3v) is 6.27. The molecule has 1 unspecified atom stereocenters. The van der Waals surface area contributed by atoms with Gasteiger partial charge in [0, 0.05) is 24.1 Å². The van der Waals surface area contributed by atoms with Gasteiger partial charge in [0.1, 0.15) is 0 Å². The number of anilines is 1. The normalized spacial score (nSPS) is 17.5. The molecule has 0 aliphatic carbocycles. The number of rotatable bonds is 4. The summed E-state index contributed by atoms with van der Waals surface area (Å²) in [6.45, 7) is 3.63. The molecule has 156 valence electrons. The van der Waals surface area contributed by atoms with E-state index < -0.39 is 23.5 Å². The second-order valence-electron chi connectivity index (χ2n) is 7.14. The Kier molecular flexibility index (Phi) is 4.48. The van der Waals surface area contributed by atoms with Crippen molar-refractivity contribution in [3.05, 3.63) is 75.2 Å². The summed E-state index contributed by atoms with van der Waals surface area (Å²) in [6.07, 6.45) is 3.18. The van der Waals surface area contributed by atoms with Crippen molar-refractivity contribution in [2.45, 2.75) is 19.9 Å². The van der Waals surface area contributed by atoms with Gasteiger partial charge in [-0.1, -0.05) is 6.07 Å². The fourth-order valence-electron chi connectivity index (χ4n) is 3.86. The van der Waals surface area contributed by atoms with Crippen LogP contribution >= 0.6 is 11.3 Å². The van der Waals surface area contributed by atoms with Gasteiger partial charge in [0.2, 0.25) is 12.6 Å². The number of pyridine rings is 1. The zero-order chi connectivity index (χ0) is 21.7. The summed E-state index contributed by atoms with van der Waals surface area (Å²) in [4.78, 5) is 36.9. The van der Waals surface area contributed by atoms with Crippen LogP contribution in [0, 0.1) is 13.8 Å². The molecular formula is C22H17N3O5S. The van der Waals surface area contributed by atoms with E-state index in [1.807, 2.05) is 0 Å². The minimum atomic E-state index is -0.851. The first kappa shape index (κ1) is 19.3. The predicted octanol–water partition coefficient (Wildman–Crippen LogP) is 3.67. The van der Waals surface area contributed by atoms with Crippen molar-refractivity contribution in [2.75, 3.05) is 11.7 Å². The largest absolute Gasteiger partial charge is 0.503 e. The minimum Gasteiger partial charge on any atom is -0.503 e. The number of hydrogen-bond donors (Lipinski definition) is 1. The molecule has 0 fully saturated rings. The number of carbonyl (C=O) groups is 2. The molecule has 1 atom stereocenters. The number of fused-ring (bicyclic) bond motifs is 1. The van der Waals surface area contributed by atoms with Crippen LogP contribution in [-0.4, -0.2) is 33.6 Å². The highest BCUT2D eigenvalue weighted by molar-refractivity contribution is 7.14. The number of amides is 1. The first-order chi connectivity index (χ1) is 15.0. The van der Waals surface area contributed by atoms with E-state index in [1.54, 1.807) is 56.6 Å². The van der Waals surface area contributed by atoms with E-state index in [9.17, 15) is 14.7 Å². The number of nitrogens with zero attached hydrogens (tertiary/aromatic N) is 3. The Morgan fingerprint density at radius 1 is 1.23 bits per heavy atom. The van der Waals surface area contributed by atoms with Crippen molar-refractivity contribution in [3.63, 3.8) is 0 Å². The molecule has 0 saturated heterocycles. The van der Waals surface area contributed by atoms with Crippen molar-refractivity contribution < 1.29 is 24.2 Å². The highest BCUT2D eigenvalue weighted by atomic mass is 32.1. The zero-order valence-corrected chi connectivity index (χ0v) is 17.5. The first-order valence-corrected chi connectivity index (χ1v) is 10.3. The maximum absolute atomic E-state index is 13.5. The standard InChI is InChI=1S/C22H17N3O5S/c1-11-21(31-12(2)24-11)19(26)17-18(13-4-3-7-23-9-13)25(22(28)20(17)27)14-5-6-15-16(8-14)30-10-29-15/h3-9,18,27H,10H2,1-2H3. The van der Waals surface area contributed by atoms with Crippen LogP contribution in [0.4, 0.5) is 5.69 Å². The second-order valence-corrected chi connectivity index (χ2v) is 8.34. The van der Waals surface area contributed by atoms with Gasteiger partial charge in [0.05, 0.1) is 27.2 Å². The Morgan fingerprint density at radius 2 is 2.03 bits per heavy atom. The summed E-state index contributed by atoms with van der Waals surface area (Å²) in [7, 11) is 0. The van der Waals surface area contributed by atoms with Crippen LogP contribution in [0.1, 0.15) is 32.0 Å². The fraction of sp³-hybridized carbons (Fsp3) is 0.182. The Hall–Kier alpha value is -3.72. The quantitative estimate of drug-likeness (QED) is 0.624. The zero-order valence-electron chi connectivity index (χ0n) is 16.7. The molecule has 1 N–H and O–H groups in total. The summed E-state index contributed by atoms with van der Waals surface area (Å²) in [5.41, 5.74) is 1.63. The van der Waals surface area contributed by atoms with Gasteiger partial charge in [-0.15, -0.1) is 11.3 Å². The van der Waals surface area contributed by atoms with Crippen molar-refractivity contribution in [1.29, 1.82) is 0 Å². The number of aliphatic hydroxyl groups excluding tert-OH is 1. The molecule has 2 aromatic heterocycles. The molecule has 0 bridgehead atoms. The lowest BCUT2D eigenvalue weighted by Crippen LogP contribution is -2.31. The Morgan fingerprint density at radius 3 is 2.74 bits per heavy atom. The molecule has 5 rings (SSSR count). The van der Waals surface area contributed by atoms with Crippen molar-refractivity contribution >= 4 is 28.7 Å². The van der Waals surface area contributed by atoms with Gasteiger partial charge in [-0.2, -0.15) is 0 Å². The van der Waals surface area contributed by atoms with Crippen LogP contribution in [0.2, 0.25) is 0 Å². The van der Waals surface area contributed by atoms with E-state index in [0.29, 0.717) is 33.3 Å². The van der Waals surface area contributed by atoms with Crippen molar-refractivity contribution in [1.82, 2.24) is 9.97 Å². The molecule has 31 heavy (non-hydrogen) atoms. The number of carbonyl (C=O) groups excluding carboxylic acids is 2. The minimum absolute atomic E-state index is 0.00224. The molecule has 0 saturated carbocycles. The van der Waals surface area contributed by atoms with Crippen LogP contribution < -0.4 is 14.4 Å². The maximum Gasteiger partial charge on any atom is 0.294 e. The SMILES string of the molecule is Cc1nc(C)c(C(=O)C2=C(O)C(=O)N(c3ccc4c(c3)OCO4)C2c2cccnc2)s1. The van der Waals surface area contributed by atoms with E-state index in [2.05, 4.69) is 9.97 Å². The van der Waals surface area contributed by atoms with E-state index in [4.69, 9.17) is 9.47 Å². The molecule has 0 spiro atoms. The van der Waals surface area contributed by atoms with Crippen molar-refractivity contribution in [2.24, 2.45) is 0 Å². The Labute approximate surface area is 181 Å². The first-order valence-electron chi connectivity index (χ1n) is 9.50. The lowest BCUT2D eigenvalue weighted by atomic mass is 9.96. The van der Waals surface area contributed by atoms with Gasteiger partial charge in [-0.3, -0.25) is 19.5 Å². The van der Waals surface area contributed by atoms with Gasteiger partial charge in [-0.25, -0.2) is 4.98 Å². The number of aliphatic hydroxyl groups is 1. The third kappa shape index (κ3) is 3.05. The second kappa shape index (κ2) is 7.21. The van der Waals surface area contributed by atoms with E-state index in [-0.39, 0.29) is 12.4 Å². The molecular weight excluding hydrogens is 418 g/mol. The lowest BCUT2D eigenvalue weighted by molar-refractivity contribution is -0.117. The molecule has 9 heteroatoms. The highest BCUT2D eigenvalue weighted by Gasteiger charge is 2.45. The number of ketones is 1. The van der Waals surface area contributed by atoms with Gasteiger partial charge in [0.25, 0.3) is 5.91 Å². The topological polar surface area (TPSA) is 102 Å².